The summed E-state index contributed by atoms with van der Waals surface area (Å²) >= 11 is 0. The molecule has 0 aromatic carbocycles. The van der Waals surface area contributed by atoms with Gasteiger partial charge in [-0.3, -0.25) is 10.1 Å². The lowest BCUT2D eigenvalue weighted by molar-refractivity contribution is -0.154. The maximum atomic E-state index is 12.6. The molecule has 0 spiro atoms. The number of hydrogen-bond acceptors (Lipinski definition) is 4. The summed E-state index contributed by atoms with van der Waals surface area (Å²) in [6.45, 7) is 9.03. The van der Waals surface area contributed by atoms with E-state index >= 15 is 0 Å². The van der Waals surface area contributed by atoms with Crippen LogP contribution in [0, 0.1) is 0 Å². The predicted octanol–water partition coefficient (Wildman–Crippen LogP) is 2.71. The summed E-state index contributed by atoms with van der Waals surface area (Å²) in [5, 5.41) is 3.64. The Morgan fingerprint density at radius 3 is 2.62 bits per heavy atom. The molecule has 2 rings (SSSR count). The van der Waals surface area contributed by atoms with Crippen molar-refractivity contribution in [2.45, 2.75) is 83.3 Å². The van der Waals surface area contributed by atoms with Gasteiger partial charge in [-0.25, -0.2) is 0 Å². The molecule has 2 aliphatic carbocycles. The second kappa shape index (κ2) is 7.59. The SMILES string of the molecule is CCCN(CC)C1CCCC(NC2CC2)(C(=O)OCC)C1. The van der Waals surface area contributed by atoms with E-state index in [1.54, 1.807) is 0 Å². The number of hydrogen-bond donors (Lipinski definition) is 1. The second-order valence-electron chi connectivity index (χ2n) is 6.60. The van der Waals surface area contributed by atoms with Gasteiger partial charge in [-0.05, 0) is 65.0 Å². The Kier molecular flexibility index (Phi) is 6.06. The van der Waals surface area contributed by atoms with Crippen LogP contribution in [-0.4, -0.2) is 48.2 Å². The van der Waals surface area contributed by atoms with Gasteiger partial charge in [-0.15, -0.1) is 0 Å². The van der Waals surface area contributed by atoms with E-state index in [9.17, 15) is 4.79 Å². The Hall–Kier alpha value is -0.610. The quantitative estimate of drug-likeness (QED) is 0.699. The van der Waals surface area contributed by atoms with Crippen molar-refractivity contribution in [3.05, 3.63) is 0 Å². The molecule has 0 amide bonds. The van der Waals surface area contributed by atoms with Crippen LogP contribution in [0.15, 0.2) is 0 Å². The van der Waals surface area contributed by atoms with Gasteiger partial charge in [0.25, 0.3) is 0 Å². The zero-order valence-electron chi connectivity index (χ0n) is 14.0. The van der Waals surface area contributed by atoms with Crippen LogP contribution in [0.4, 0.5) is 0 Å². The average Bonchev–Trinajstić information content (AvgIpc) is 3.29. The third kappa shape index (κ3) is 4.19. The van der Waals surface area contributed by atoms with Gasteiger partial charge in [-0.1, -0.05) is 13.8 Å². The molecule has 0 radical (unpaired) electrons. The van der Waals surface area contributed by atoms with Crippen molar-refractivity contribution in [1.82, 2.24) is 10.2 Å². The van der Waals surface area contributed by atoms with E-state index in [0.717, 1.165) is 32.4 Å². The molecule has 2 unspecified atom stereocenters. The molecular formula is C17H32N2O2. The Morgan fingerprint density at radius 1 is 1.29 bits per heavy atom. The van der Waals surface area contributed by atoms with E-state index in [1.807, 2.05) is 6.92 Å². The lowest BCUT2D eigenvalue weighted by Crippen LogP contribution is -2.59. The Balaban J connectivity index is 2.09. The van der Waals surface area contributed by atoms with Crippen molar-refractivity contribution in [3.8, 4) is 0 Å². The standard InChI is InChI=1S/C17H32N2O2/c1-4-12-19(5-2)15-8-7-11-17(13-15,16(20)21-6-3)18-14-9-10-14/h14-15,18H,4-13H2,1-3H3. The Morgan fingerprint density at radius 2 is 2.05 bits per heavy atom. The summed E-state index contributed by atoms with van der Waals surface area (Å²) < 4.78 is 5.42. The summed E-state index contributed by atoms with van der Waals surface area (Å²) in [6, 6.07) is 1.05. The van der Waals surface area contributed by atoms with E-state index in [4.69, 9.17) is 4.74 Å². The van der Waals surface area contributed by atoms with Crippen LogP contribution in [0.5, 0.6) is 0 Å². The molecular weight excluding hydrogens is 264 g/mol. The van der Waals surface area contributed by atoms with Crippen LogP contribution in [0.3, 0.4) is 0 Å². The molecule has 4 nitrogen and oxygen atoms in total. The number of carbonyl (C=O) groups excluding carboxylic acids is 1. The zero-order valence-corrected chi connectivity index (χ0v) is 14.0. The summed E-state index contributed by atoms with van der Waals surface area (Å²) in [4.78, 5) is 15.1. The highest BCUT2D eigenvalue weighted by molar-refractivity contribution is 5.81. The van der Waals surface area contributed by atoms with Crippen LogP contribution in [0.25, 0.3) is 0 Å². The minimum Gasteiger partial charge on any atom is -0.465 e. The van der Waals surface area contributed by atoms with Gasteiger partial charge >= 0.3 is 5.97 Å². The highest BCUT2D eigenvalue weighted by atomic mass is 16.5. The molecule has 122 valence electrons. The van der Waals surface area contributed by atoms with E-state index in [2.05, 4.69) is 24.1 Å². The molecule has 0 aromatic heterocycles. The van der Waals surface area contributed by atoms with Crippen molar-refractivity contribution in [3.63, 3.8) is 0 Å². The van der Waals surface area contributed by atoms with Crippen LogP contribution in [-0.2, 0) is 9.53 Å². The highest BCUT2D eigenvalue weighted by Gasteiger charge is 2.47. The van der Waals surface area contributed by atoms with Gasteiger partial charge < -0.3 is 9.64 Å². The third-order valence-electron chi connectivity index (χ3n) is 4.88. The lowest BCUT2D eigenvalue weighted by atomic mass is 9.78. The fourth-order valence-electron chi connectivity index (χ4n) is 3.71. The topological polar surface area (TPSA) is 41.6 Å². The Labute approximate surface area is 129 Å². The van der Waals surface area contributed by atoms with Crippen molar-refractivity contribution in [2.24, 2.45) is 0 Å². The fourth-order valence-corrected chi connectivity index (χ4v) is 3.71. The molecule has 1 N–H and O–H groups in total. The molecule has 2 fully saturated rings. The molecule has 0 bridgehead atoms. The number of ether oxygens (including phenoxy) is 1. The van der Waals surface area contributed by atoms with E-state index in [-0.39, 0.29) is 5.97 Å². The van der Waals surface area contributed by atoms with E-state index < -0.39 is 5.54 Å². The highest BCUT2D eigenvalue weighted by Crippen LogP contribution is 2.35. The molecule has 4 heteroatoms. The molecule has 0 saturated heterocycles. The number of nitrogens with one attached hydrogen (secondary N) is 1. The van der Waals surface area contributed by atoms with Crippen molar-refractivity contribution >= 4 is 5.97 Å². The summed E-state index contributed by atoms with van der Waals surface area (Å²) in [5.41, 5.74) is -0.429. The summed E-state index contributed by atoms with van der Waals surface area (Å²) in [6.07, 6.45) is 7.76. The maximum absolute atomic E-state index is 12.6. The van der Waals surface area contributed by atoms with Gasteiger partial charge in [0.1, 0.15) is 5.54 Å². The minimum atomic E-state index is -0.429. The molecule has 0 heterocycles. The van der Waals surface area contributed by atoms with Crippen molar-refractivity contribution in [2.75, 3.05) is 19.7 Å². The van der Waals surface area contributed by atoms with Gasteiger partial charge in [0, 0.05) is 12.1 Å². The number of esters is 1. The largest absolute Gasteiger partial charge is 0.465 e. The molecule has 2 aliphatic rings. The van der Waals surface area contributed by atoms with Crippen LogP contribution in [0.1, 0.15) is 65.7 Å². The fraction of sp³-hybridized carbons (Fsp3) is 0.941. The molecule has 0 aliphatic heterocycles. The number of carbonyl (C=O) groups is 1. The smallest absolute Gasteiger partial charge is 0.326 e. The monoisotopic (exact) mass is 296 g/mol. The molecule has 2 saturated carbocycles. The minimum absolute atomic E-state index is 0.0193. The molecule has 0 aromatic rings. The van der Waals surface area contributed by atoms with Gasteiger partial charge in [0.05, 0.1) is 6.61 Å². The number of nitrogens with zero attached hydrogens (tertiary/aromatic N) is 1. The second-order valence-corrected chi connectivity index (χ2v) is 6.60. The van der Waals surface area contributed by atoms with Gasteiger partial charge in [-0.2, -0.15) is 0 Å². The number of rotatable bonds is 8. The Bertz CT molecular complexity index is 344. The van der Waals surface area contributed by atoms with E-state index in [1.165, 1.54) is 25.7 Å². The average molecular weight is 296 g/mol. The first-order valence-corrected chi connectivity index (χ1v) is 8.84. The van der Waals surface area contributed by atoms with E-state index in [0.29, 0.717) is 18.7 Å². The van der Waals surface area contributed by atoms with Gasteiger partial charge in [0.15, 0.2) is 0 Å². The van der Waals surface area contributed by atoms with Crippen molar-refractivity contribution < 1.29 is 9.53 Å². The lowest BCUT2D eigenvalue weighted by Gasteiger charge is -2.43. The van der Waals surface area contributed by atoms with Crippen molar-refractivity contribution in [1.29, 1.82) is 0 Å². The zero-order chi connectivity index (χ0) is 15.3. The van der Waals surface area contributed by atoms with Gasteiger partial charge in [0.2, 0.25) is 0 Å². The van der Waals surface area contributed by atoms with Crippen LogP contribution >= 0.6 is 0 Å². The predicted molar refractivity (Wildman–Crippen MR) is 85.3 cm³/mol. The van der Waals surface area contributed by atoms with Crippen LogP contribution in [0.2, 0.25) is 0 Å². The molecule has 2 atom stereocenters. The normalized spacial score (nSPS) is 29.6. The summed E-state index contributed by atoms with van der Waals surface area (Å²) in [7, 11) is 0. The first-order chi connectivity index (χ1) is 10.1. The first-order valence-electron chi connectivity index (χ1n) is 8.84. The molecule has 21 heavy (non-hydrogen) atoms. The third-order valence-corrected chi connectivity index (χ3v) is 4.88. The maximum Gasteiger partial charge on any atom is 0.326 e. The van der Waals surface area contributed by atoms with Crippen LogP contribution < -0.4 is 5.32 Å². The first kappa shape index (κ1) is 16.8. The summed E-state index contributed by atoms with van der Waals surface area (Å²) in [5.74, 6) is -0.0193.